The summed E-state index contributed by atoms with van der Waals surface area (Å²) in [6.07, 6.45) is 1.17. The number of nitrogen functional groups attached to an aromatic ring is 1. The highest BCUT2D eigenvalue weighted by atomic mass is 32.1. The molecule has 0 fully saturated rings. The van der Waals surface area contributed by atoms with Gasteiger partial charge >= 0.3 is 0 Å². The number of thiophene rings is 1. The van der Waals surface area contributed by atoms with Crippen molar-refractivity contribution in [3.63, 3.8) is 0 Å². The lowest BCUT2D eigenvalue weighted by molar-refractivity contribution is 0.102. The molecule has 0 atom stereocenters. The molecule has 0 unspecified atom stereocenters. The second-order valence-electron chi connectivity index (χ2n) is 4.31. The van der Waals surface area contributed by atoms with E-state index in [2.05, 4.69) is 24.1 Å². The summed E-state index contributed by atoms with van der Waals surface area (Å²) < 4.78 is 0. The van der Waals surface area contributed by atoms with E-state index in [0.717, 1.165) is 31.2 Å². The lowest BCUT2D eigenvalue weighted by Gasteiger charge is -2.19. The Kier molecular flexibility index (Phi) is 6.15. The first-order valence-electron chi connectivity index (χ1n) is 6.44. The number of hydrogen-bond donors (Lipinski definition) is 2. The van der Waals surface area contributed by atoms with Crippen molar-refractivity contribution in [1.29, 1.82) is 0 Å². The van der Waals surface area contributed by atoms with Crippen LogP contribution in [0.15, 0.2) is 6.07 Å². The fourth-order valence-electron chi connectivity index (χ4n) is 1.85. The second-order valence-corrected chi connectivity index (χ2v) is 5.36. The van der Waals surface area contributed by atoms with Gasteiger partial charge in [0.2, 0.25) is 0 Å². The number of nitrogens with two attached hydrogens (primary N) is 1. The maximum atomic E-state index is 11.3. The molecule has 5 heteroatoms. The Balaban J connectivity index is 2.44. The molecule has 4 nitrogen and oxygen atoms in total. The first kappa shape index (κ1) is 15.0. The summed E-state index contributed by atoms with van der Waals surface area (Å²) in [4.78, 5) is 14.3. The van der Waals surface area contributed by atoms with Crippen LogP contribution < -0.4 is 11.1 Å². The van der Waals surface area contributed by atoms with E-state index in [4.69, 9.17) is 5.73 Å². The molecule has 0 aliphatic carbocycles. The van der Waals surface area contributed by atoms with E-state index in [9.17, 15) is 4.79 Å². The average Bonchev–Trinajstić information content (AvgIpc) is 2.69. The Morgan fingerprint density at radius 3 is 2.67 bits per heavy atom. The van der Waals surface area contributed by atoms with Crippen molar-refractivity contribution < 1.29 is 4.79 Å². The van der Waals surface area contributed by atoms with Crippen LogP contribution in [0.1, 0.15) is 36.9 Å². The zero-order valence-electron chi connectivity index (χ0n) is 11.5. The highest BCUT2D eigenvalue weighted by molar-refractivity contribution is 7.18. The number of nitrogens with one attached hydrogen (secondary N) is 1. The Hall–Kier alpha value is -1.07. The number of likely N-dealkylation sites (N-methyl/N-ethyl adjacent to an activating group) is 1. The lowest BCUT2D eigenvalue weighted by atomic mass is 10.3. The van der Waals surface area contributed by atoms with Gasteiger partial charge in [0.1, 0.15) is 0 Å². The Bertz CT molecular complexity index is 390. The number of ketones is 1. The van der Waals surface area contributed by atoms with Gasteiger partial charge < -0.3 is 16.0 Å². The van der Waals surface area contributed by atoms with Crippen LogP contribution in [-0.4, -0.2) is 36.9 Å². The van der Waals surface area contributed by atoms with Crippen LogP contribution in [0.4, 0.5) is 10.7 Å². The molecule has 0 spiro atoms. The summed E-state index contributed by atoms with van der Waals surface area (Å²) in [5.41, 5.74) is 6.37. The molecule has 0 bridgehead atoms. The summed E-state index contributed by atoms with van der Waals surface area (Å²) in [5, 5.41) is 4.31. The monoisotopic (exact) mass is 269 g/mol. The predicted molar refractivity (Wildman–Crippen MR) is 79.6 cm³/mol. The SMILES string of the molecule is CCCN(CC)CCNc1cc(N)c(C(C)=O)s1. The van der Waals surface area contributed by atoms with Crippen LogP contribution in [0, 0.1) is 0 Å². The molecular weight excluding hydrogens is 246 g/mol. The number of rotatable bonds is 8. The van der Waals surface area contributed by atoms with Gasteiger partial charge in [0.25, 0.3) is 0 Å². The zero-order chi connectivity index (χ0) is 13.5. The van der Waals surface area contributed by atoms with Gasteiger partial charge in [0, 0.05) is 20.0 Å². The van der Waals surface area contributed by atoms with E-state index in [1.807, 2.05) is 6.07 Å². The molecule has 1 aromatic heterocycles. The van der Waals surface area contributed by atoms with E-state index >= 15 is 0 Å². The van der Waals surface area contributed by atoms with Gasteiger partial charge in [-0.25, -0.2) is 0 Å². The van der Waals surface area contributed by atoms with Gasteiger partial charge in [0.05, 0.1) is 15.6 Å². The summed E-state index contributed by atoms with van der Waals surface area (Å²) in [5.74, 6) is 0.0340. The summed E-state index contributed by atoms with van der Waals surface area (Å²) in [7, 11) is 0. The van der Waals surface area contributed by atoms with Gasteiger partial charge in [-0.3, -0.25) is 4.79 Å². The van der Waals surface area contributed by atoms with Crippen LogP contribution >= 0.6 is 11.3 Å². The topological polar surface area (TPSA) is 58.4 Å². The van der Waals surface area contributed by atoms with Gasteiger partial charge in [-0.2, -0.15) is 0 Å². The van der Waals surface area contributed by atoms with Gasteiger partial charge in [-0.15, -0.1) is 11.3 Å². The summed E-state index contributed by atoms with van der Waals surface area (Å²) in [6.45, 7) is 10.0. The van der Waals surface area contributed by atoms with Crippen molar-refractivity contribution in [2.24, 2.45) is 0 Å². The van der Waals surface area contributed by atoms with Gasteiger partial charge in [-0.1, -0.05) is 13.8 Å². The molecule has 1 rings (SSSR count). The van der Waals surface area contributed by atoms with E-state index in [0.29, 0.717) is 10.6 Å². The fourth-order valence-corrected chi connectivity index (χ4v) is 2.75. The second kappa shape index (κ2) is 7.38. The molecule has 0 saturated carbocycles. The van der Waals surface area contributed by atoms with Crippen LogP contribution in [-0.2, 0) is 0 Å². The van der Waals surface area contributed by atoms with E-state index < -0.39 is 0 Å². The number of carbonyl (C=O) groups is 1. The van der Waals surface area contributed by atoms with Crippen molar-refractivity contribution in [2.75, 3.05) is 37.2 Å². The molecule has 0 radical (unpaired) electrons. The smallest absolute Gasteiger partial charge is 0.171 e. The molecule has 0 aliphatic rings. The number of anilines is 2. The average molecular weight is 269 g/mol. The van der Waals surface area contributed by atoms with Crippen molar-refractivity contribution in [3.8, 4) is 0 Å². The van der Waals surface area contributed by atoms with Crippen LogP contribution in [0.5, 0.6) is 0 Å². The molecule has 3 N–H and O–H groups in total. The molecule has 18 heavy (non-hydrogen) atoms. The van der Waals surface area contributed by atoms with Crippen LogP contribution in [0.2, 0.25) is 0 Å². The highest BCUT2D eigenvalue weighted by Gasteiger charge is 2.10. The first-order chi connectivity index (χ1) is 8.58. The third-order valence-corrected chi connectivity index (χ3v) is 4.00. The van der Waals surface area contributed by atoms with Crippen LogP contribution in [0.3, 0.4) is 0 Å². The molecular formula is C13H23N3OS. The number of carbonyl (C=O) groups excluding carboxylic acids is 1. The molecule has 0 amide bonds. The van der Waals surface area contributed by atoms with Gasteiger partial charge in [0.15, 0.2) is 5.78 Å². The van der Waals surface area contributed by atoms with Gasteiger partial charge in [-0.05, 0) is 25.6 Å². The Morgan fingerprint density at radius 1 is 1.44 bits per heavy atom. The quantitative estimate of drug-likeness (QED) is 0.712. The first-order valence-corrected chi connectivity index (χ1v) is 7.26. The third-order valence-electron chi connectivity index (χ3n) is 2.79. The van der Waals surface area contributed by atoms with Crippen LogP contribution in [0.25, 0.3) is 0 Å². The molecule has 102 valence electrons. The highest BCUT2D eigenvalue weighted by Crippen LogP contribution is 2.29. The normalized spacial score (nSPS) is 10.9. The molecule has 1 aromatic rings. The number of hydrogen-bond acceptors (Lipinski definition) is 5. The molecule has 0 saturated heterocycles. The molecule has 1 heterocycles. The number of nitrogens with zero attached hydrogens (tertiary/aromatic N) is 1. The maximum absolute atomic E-state index is 11.3. The summed E-state index contributed by atoms with van der Waals surface area (Å²) in [6, 6.07) is 1.84. The van der Waals surface area contributed by atoms with Crippen molar-refractivity contribution >= 4 is 27.8 Å². The molecule has 0 aliphatic heterocycles. The minimum Gasteiger partial charge on any atom is -0.397 e. The molecule has 0 aromatic carbocycles. The van der Waals surface area contributed by atoms with E-state index in [1.54, 1.807) is 6.92 Å². The van der Waals surface area contributed by atoms with Crippen molar-refractivity contribution in [2.45, 2.75) is 27.2 Å². The zero-order valence-corrected chi connectivity index (χ0v) is 12.3. The van der Waals surface area contributed by atoms with E-state index in [1.165, 1.54) is 17.8 Å². The Morgan fingerprint density at radius 2 is 2.17 bits per heavy atom. The minimum absolute atomic E-state index is 0.0340. The summed E-state index contributed by atoms with van der Waals surface area (Å²) >= 11 is 1.44. The standard InChI is InChI=1S/C13H23N3OS/c1-4-7-16(5-2)8-6-15-12-9-11(14)13(18-12)10(3)17/h9,15H,4-8,14H2,1-3H3. The third kappa shape index (κ3) is 4.31. The maximum Gasteiger partial charge on any atom is 0.171 e. The predicted octanol–water partition coefficient (Wildman–Crippen LogP) is 2.68. The number of Topliss-reactive ketones (excluding diaryl/α,β-unsaturated/α-hetero) is 1. The van der Waals surface area contributed by atoms with Crippen molar-refractivity contribution in [3.05, 3.63) is 10.9 Å². The van der Waals surface area contributed by atoms with E-state index in [-0.39, 0.29) is 5.78 Å². The minimum atomic E-state index is 0.0340. The van der Waals surface area contributed by atoms with Crippen molar-refractivity contribution in [1.82, 2.24) is 4.90 Å². The fraction of sp³-hybridized carbons (Fsp3) is 0.615. The largest absolute Gasteiger partial charge is 0.397 e. The Labute approximate surface area is 113 Å². The lowest BCUT2D eigenvalue weighted by Crippen LogP contribution is -2.29.